The zero-order chi connectivity index (χ0) is 10.1. The van der Waals surface area contributed by atoms with Crippen molar-refractivity contribution >= 4 is 5.69 Å². The fourth-order valence-electron chi connectivity index (χ4n) is 1.96. The molecule has 0 aliphatic carbocycles. The highest BCUT2D eigenvalue weighted by molar-refractivity contribution is 5.58. The van der Waals surface area contributed by atoms with E-state index in [-0.39, 0.29) is 11.9 Å². The Morgan fingerprint density at radius 2 is 2.36 bits per heavy atom. The monoisotopic (exact) mass is 194 g/mol. The molecule has 0 fully saturated rings. The molecule has 0 amide bonds. The van der Waals surface area contributed by atoms with Gasteiger partial charge in [0.1, 0.15) is 5.82 Å². The van der Waals surface area contributed by atoms with Gasteiger partial charge in [0.05, 0.1) is 0 Å². The molecule has 0 spiro atoms. The fraction of sp³-hybridized carbons (Fsp3) is 0.455. The molecular weight excluding hydrogens is 179 g/mol. The number of hydrogen-bond donors (Lipinski definition) is 1. The zero-order valence-corrected chi connectivity index (χ0v) is 8.33. The van der Waals surface area contributed by atoms with Gasteiger partial charge in [0.25, 0.3) is 0 Å². The van der Waals surface area contributed by atoms with E-state index in [0.717, 1.165) is 25.2 Å². The van der Waals surface area contributed by atoms with Crippen LogP contribution < -0.4 is 10.6 Å². The molecule has 76 valence electrons. The quantitative estimate of drug-likeness (QED) is 0.773. The van der Waals surface area contributed by atoms with Gasteiger partial charge < -0.3 is 10.6 Å². The molecule has 2 nitrogen and oxygen atoms in total. The standard InChI is InChI=1S/C11H15FN2/c1-8(13)7-14-5-4-9-2-3-10(12)6-11(9)14/h2-3,6,8H,4-5,7,13H2,1H3. The summed E-state index contributed by atoms with van der Waals surface area (Å²) in [5, 5.41) is 0. The minimum Gasteiger partial charge on any atom is -0.369 e. The summed E-state index contributed by atoms with van der Waals surface area (Å²) in [5.41, 5.74) is 7.98. The molecule has 0 bridgehead atoms. The highest BCUT2D eigenvalue weighted by Gasteiger charge is 2.19. The fourth-order valence-corrected chi connectivity index (χ4v) is 1.96. The minimum atomic E-state index is -0.166. The molecule has 3 heteroatoms. The highest BCUT2D eigenvalue weighted by atomic mass is 19.1. The summed E-state index contributed by atoms with van der Waals surface area (Å²) in [6.45, 7) is 3.73. The average Bonchev–Trinajstić information content (AvgIpc) is 2.47. The Labute approximate surface area is 83.5 Å². The lowest BCUT2D eigenvalue weighted by Crippen LogP contribution is -2.34. The second kappa shape index (κ2) is 3.58. The van der Waals surface area contributed by atoms with E-state index >= 15 is 0 Å². The van der Waals surface area contributed by atoms with Crippen molar-refractivity contribution in [2.24, 2.45) is 5.73 Å². The lowest BCUT2D eigenvalue weighted by Gasteiger charge is -2.21. The third-order valence-electron chi connectivity index (χ3n) is 2.55. The first-order valence-corrected chi connectivity index (χ1v) is 4.96. The van der Waals surface area contributed by atoms with Crippen molar-refractivity contribution in [2.75, 3.05) is 18.0 Å². The Morgan fingerprint density at radius 1 is 1.57 bits per heavy atom. The third-order valence-corrected chi connectivity index (χ3v) is 2.55. The first-order chi connectivity index (χ1) is 6.66. The Bertz CT molecular complexity index is 336. The van der Waals surface area contributed by atoms with Gasteiger partial charge in [-0.1, -0.05) is 6.07 Å². The van der Waals surface area contributed by atoms with E-state index in [1.54, 1.807) is 6.07 Å². The number of benzene rings is 1. The molecule has 1 unspecified atom stereocenters. The van der Waals surface area contributed by atoms with Crippen LogP contribution in [0.4, 0.5) is 10.1 Å². The number of rotatable bonds is 2. The van der Waals surface area contributed by atoms with Crippen molar-refractivity contribution in [2.45, 2.75) is 19.4 Å². The smallest absolute Gasteiger partial charge is 0.125 e. The molecule has 2 N–H and O–H groups in total. The molecule has 1 aliphatic heterocycles. The van der Waals surface area contributed by atoms with Crippen molar-refractivity contribution in [1.29, 1.82) is 0 Å². The summed E-state index contributed by atoms with van der Waals surface area (Å²) >= 11 is 0. The van der Waals surface area contributed by atoms with Crippen LogP contribution in [-0.2, 0) is 6.42 Å². The van der Waals surface area contributed by atoms with E-state index in [2.05, 4.69) is 4.90 Å². The van der Waals surface area contributed by atoms with Crippen LogP contribution >= 0.6 is 0 Å². The van der Waals surface area contributed by atoms with E-state index in [0.29, 0.717) is 0 Å². The largest absolute Gasteiger partial charge is 0.369 e. The van der Waals surface area contributed by atoms with Gasteiger partial charge in [-0.3, -0.25) is 0 Å². The van der Waals surface area contributed by atoms with Crippen molar-refractivity contribution < 1.29 is 4.39 Å². The second-order valence-electron chi connectivity index (χ2n) is 3.95. The topological polar surface area (TPSA) is 29.3 Å². The first-order valence-electron chi connectivity index (χ1n) is 4.96. The second-order valence-corrected chi connectivity index (χ2v) is 3.95. The van der Waals surface area contributed by atoms with Crippen LogP contribution in [-0.4, -0.2) is 19.1 Å². The van der Waals surface area contributed by atoms with Gasteiger partial charge in [0, 0.05) is 24.8 Å². The molecule has 1 heterocycles. The summed E-state index contributed by atoms with van der Waals surface area (Å²) in [6, 6.07) is 5.12. The molecule has 14 heavy (non-hydrogen) atoms. The van der Waals surface area contributed by atoms with Crippen LogP contribution in [0.15, 0.2) is 18.2 Å². The van der Waals surface area contributed by atoms with Crippen molar-refractivity contribution in [3.05, 3.63) is 29.6 Å². The SMILES string of the molecule is CC(N)CN1CCc2ccc(F)cc21. The van der Waals surface area contributed by atoms with Crippen LogP contribution in [0.25, 0.3) is 0 Å². The third kappa shape index (κ3) is 1.73. The number of nitrogens with two attached hydrogens (primary N) is 1. The Morgan fingerprint density at radius 3 is 3.07 bits per heavy atom. The van der Waals surface area contributed by atoms with Crippen LogP contribution in [0.1, 0.15) is 12.5 Å². The predicted molar refractivity (Wildman–Crippen MR) is 56.0 cm³/mol. The Kier molecular flexibility index (Phi) is 2.42. The number of halogens is 1. The predicted octanol–water partition coefficient (Wildman–Crippen LogP) is 1.54. The maximum atomic E-state index is 13.0. The summed E-state index contributed by atoms with van der Waals surface area (Å²) < 4.78 is 13.0. The van der Waals surface area contributed by atoms with E-state index in [1.165, 1.54) is 11.6 Å². The van der Waals surface area contributed by atoms with Gasteiger partial charge in [-0.25, -0.2) is 4.39 Å². The van der Waals surface area contributed by atoms with Crippen LogP contribution in [0.2, 0.25) is 0 Å². The van der Waals surface area contributed by atoms with E-state index < -0.39 is 0 Å². The molecule has 0 saturated carbocycles. The van der Waals surface area contributed by atoms with Gasteiger partial charge in [0.2, 0.25) is 0 Å². The summed E-state index contributed by atoms with van der Waals surface area (Å²) in [5.74, 6) is -0.166. The molecule has 1 atom stereocenters. The summed E-state index contributed by atoms with van der Waals surface area (Å²) in [6.07, 6.45) is 1.00. The summed E-state index contributed by atoms with van der Waals surface area (Å²) in [4.78, 5) is 2.16. The molecule has 0 saturated heterocycles. The van der Waals surface area contributed by atoms with E-state index in [9.17, 15) is 4.39 Å². The van der Waals surface area contributed by atoms with Crippen molar-refractivity contribution in [3.63, 3.8) is 0 Å². The van der Waals surface area contributed by atoms with Crippen LogP contribution in [0, 0.1) is 5.82 Å². The molecule has 0 aromatic heterocycles. The molecule has 1 aliphatic rings. The van der Waals surface area contributed by atoms with Crippen LogP contribution in [0.5, 0.6) is 0 Å². The maximum absolute atomic E-state index is 13.0. The van der Waals surface area contributed by atoms with Gasteiger partial charge in [-0.2, -0.15) is 0 Å². The summed E-state index contributed by atoms with van der Waals surface area (Å²) in [7, 11) is 0. The lowest BCUT2D eigenvalue weighted by molar-refractivity contribution is 0.626. The first kappa shape index (κ1) is 9.46. The highest BCUT2D eigenvalue weighted by Crippen LogP contribution is 2.28. The lowest BCUT2D eigenvalue weighted by atomic mass is 10.1. The molecule has 1 aromatic rings. The normalized spacial score (nSPS) is 16.9. The van der Waals surface area contributed by atoms with E-state index in [4.69, 9.17) is 5.73 Å². The van der Waals surface area contributed by atoms with Gasteiger partial charge in [0.15, 0.2) is 0 Å². The zero-order valence-electron chi connectivity index (χ0n) is 8.33. The van der Waals surface area contributed by atoms with Crippen LogP contribution in [0.3, 0.4) is 0 Å². The van der Waals surface area contributed by atoms with Gasteiger partial charge in [-0.05, 0) is 31.0 Å². The number of hydrogen-bond acceptors (Lipinski definition) is 2. The number of anilines is 1. The van der Waals surface area contributed by atoms with Gasteiger partial charge in [-0.15, -0.1) is 0 Å². The number of fused-ring (bicyclic) bond motifs is 1. The Balaban J connectivity index is 2.24. The van der Waals surface area contributed by atoms with Crippen molar-refractivity contribution in [3.8, 4) is 0 Å². The molecule has 2 rings (SSSR count). The minimum absolute atomic E-state index is 0.129. The Hall–Kier alpha value is -1.09. The average molecular weight is 194 g/mol. The molecular formula is C11H15FN2. The van der Waals surface area contributed by atoms with Crippen molar-refractivity contribution in [1.82, 2.24) is 0 Å². The van der Waals surface area contributed by atoms with E-state index in [1.807, 2.05) is 13.0 Å². The van der Waals surface area contributed by atoms with Gasteiger partial charge >= 0.3 is 0 Å². The molecule has 0 radical (unpaired) electrons. The molecule has 1 aromatic carbocycles. The maximum Gasteiger partial charge on any atom is 0.125 e. The number of nitrogens with zero attached hydrogens (tertiary/aromatic N) is 1.